The molecule has 0 amide bonds. The molecule has 3 N–H and O–H groups in total. The van der Waals surface area contributed by atoms with Gasteiger partial charge in [-0.2, -0.15) is 0 Å². The van der Waals surface area contributed by atoms with Crippen molar-refractivity contribution in [2.75, 3.05) is 27.3 Å². The molecule has 2 aromatic rings. The van der Waals surface area contributed by atoms with Crippen LogP contribution in [0.2, 0.25) is 0 Å². The molecule has 2 aliphatic carbocycles. The van der Waals surface area contributed by atoms with E-state index in [9.17, 15) is 10.2 Å². The summed E-state index contributed by atoms with van der Waals surface area (Å²) in [4.78, 5) is 0. The Morgan fingerprint density at radius 3 is 1.29 bits per heavy atom. The molecule has 4 rings (SSSR count). The second kappa shape index (κ2) is 11.8. The van der Waals surface area contributed by atoms with E-state index in [-0.39, 0.29) is 11.8 Å². The molecule has 2 aromatic carbocycles. The number of methoxy groups -OCH3 is 2. The lowest BCUT2D eigenvalue weighted by Gasteiger charge is -2.42. The van der Waals surface area contributed by atoms with Crippen LogP contribution in [0.25, 0.3) is 0 Å². The molecule has 2 saturated carbocycles. The lowest BCUT2D eigenvalue weighted by molar-refractivity contribution is -0.0283. The van der Waals surface area contributed by atoms with Gasteiger partial charge in [0.15, 0.2) is 0 Å². The third-order valence-electron chi connectivity index (χ3n) is 8.47. The van der Waals surface area contributed by atoms with Crippen molar-refractivity contribution in [2.45, 2.75) is 87.2 Å². The maximum Gasteiger partial charge on any atom is 0.118 e. The predicted octanol–water partition coefficient (Wildman–Crippen LogP) is 5.55. The smallest absolute Gasteiger partial charge is 0.118 e. The fourth-order valence-corrected chi connectivity index (χ4v) is 6.31. The highest BCUT2D eigenvalue weighted by Gasteiger charge is 2.41. The van der Waals surface area contributed by atoms with Crippen LogP contribution in [-0.4, -0.2) is 48.7 Å². The van der Waals surface area contributed by atoms with Gasteiger partial charge in [-0.05, 0) is 61.1 Å². The van der Waals surface area contributed by atoms with E-state index in [1.165, 1.54) is 12.8 Å². The van der Waals surface area contributed by atoms with E-state index < -0.39 is 11.2 Å². The third-order valence-corrected chi connectivity index (χ3v) is 8.47. The van der Waals surface area contributed by atoms with Crippen LogP contribution in [0.4, 0.5) is 0 Å². The largest absolute Gasteiger partial charge is 0.497 e. The molecular formula is C30H43NO4. The number of ether oxygens (including phenoxy) is 2. The summed E-state index contributed by atoms with van der Waals surface area (Å²) in [6.07, 6.45) is 9.97. The first-order valence-electron chi connectivity index (χ1n) is 13.4. The van der Waals surface area contributed by atoms with Crippen LogP contribution in [0.5, 0.6) is 11.5 Å². The van der Waals surface area contributed by atoms with E-state index >= 15 is 0 Å². The summed E-state index contributed by atoms with van der Waals surface area (Å²) in [5.41, 5.74) is 0.856. The van der Waals surface area contributed by atoms with E-state index in [1.807, 2.05) is 24.3 Å². The van der Waals surface area contributed by atoms with Crippen molar-refractivity contribution in [1.29, 1.82) is 0 Å². The van der Waals surface area contributed by atoms with Gasteiger partial charge in [0.05, 0.1) is 25.4 Å². The second-order valence-electron chi connectivity index (χ2n) is 10.6. The Bertz CT molecular complexity index is 823. The Kier molecular flexibility index (Phi) is 8.74. The molecule has 2 atom stereocenters. The fraction of sp³-hybridized carbons (Fsp3) is 0.600. The number of hydrogen-bond donors (Lipinski definition) is 3. The van der Waals surface area contributed by atoms with Crippen LogP contribution < -0.4 is 14.8 Å². The summed E-state index contributed by atoms with van der Waals surface area (Å²) in [7, 11) is 3.36. The van der Waals surface area contributed by atoms with Crippen molar-refractivity contribution < 1.29 is 19.7 Å². The van der Waals surface area contributed by atoms with Gasteiger partial charge in [-0.3, -0.25) is 0 Å². The van der Waals surface area contributed by atoms with Crippen molar-refractivity contribution >= 4 is 0 Å². The first-order valence-corrected chi connectivity index (χ1v) is 13.4. The van der Waals surface area contributed by atoms with E-state index in [0.717, 1.165) is 74.0 Å². The van der Waals surface area contributed by atoms with Gasteiger partial charge < -0.3 is 25.0 Å². The molecule has 5 heteroatoms. The average Bonchev–Trinajstić information content (AvgIpc) is 2.89. The molecule has 2 unspecified atom stereocenters. The molecule has 0 spiro atoms. The molecule has 35 heavy (non-hydrogen) atoms. The first-order chi connectivity index (χ1) is 17.0. The van der Waals surface area contributed by atoms with Gasteiger partial charge in [0.2, 0.25) is 0 Å². The van der Waals surface area contributed by atoms with E-state index in [0.29, 0.717) is 13.1 Å². The second-order valence-corrected chi connectivity index (χ2v) is 10.6. The SMILES string of the molecule is COc1ccc(C(CNCC(c2ccc(OC)cc2)C2(O)CCCCC2)C2(O)CCCCC2)cc1. The third kappa shape index (κ3) is 6.19. The molecule has 0 aliphatic heterocycles. The number of hydrogen-bond acceptors (Lipinski definition) is 5. The molecule has 2 aliphatic rings. The van der Waals surface area contributed by atoms with Crippen molar-refractivity contribution in [3.05, 3.63) is 59.7 Å². The van der Waals surface area contributed by atoms with E-state index in [2.05, 4.69) is 29.6 Å². The van der Waals surface area contributed by atoms with Crippen LogP contribution >= 0.6 is 0 Å². The van der Waals surface area contributed by atoms with Crippen LogP contribution in [0.1, 0.15) is 87.2 Å². The Hall–Kier alpha value is -2.08. The number of benzene rings is 2. The van der Waals surface area contributed by atoms with Gasteiger partial charge in [0.25, 0.3) is 0 Å². The Morgan fingerprint density at radius 2 is 0.971 bits per heavy atom. The zero-order valence-electron chi connectivity index (χ0n) is 21.5. The monoisotopic (exact) mass is 481 g/mol. The molecule has 0 saturated heterocycles. The van der Waals surface area contributed by atoms with Crippen molar-refractivity contribution in [1.82, 2.24) is 5.32 Å². The number of rotatable bonds is 10. The minimum atomic E-state index is -0.711. The molecule has 2 fully saturated rings. The predicted molar refractivity (Wildman–Crippen MR) is 140 cm³/mol. The topological polar surface area (TPSA) is 71.0 Å². The van der Waals surface area contributed by atoms with Gasteiger partial charge in [-0.15, -0.1) is 0 Å². The molecule has 0 aromatic heterocycles. The van der Waals surface area contributed by atoms with Crippen LogP contribution in [0.3, 0.4) is 0 Å². The summed E-state index contributed by atoms with van der Waals surface area (Å²) in [6.45, 7) is 1.34. The lowest BCUT2D eigenvalue weighted by Crippen LogP contribution is -2.46. The lowest BCUT2D eigenvalue weighted by atomic mass is 9.71. The van der Waals surface area contributed by atoms with E-state index in [1.54, 1.807) is 14.2 Å². The minimum absolute atomic E-state index is 0.00813. The Morgan fingerprint density at radius 1 is 0.629 bits per heavy atom. The van der Waals surface area contributed by atoms with Gasteiger partial charge in [0.1, 0.15) is 11.5 Å². The quantitative estimate of drug-likeness (QED) is 0.415. The summed E-state index contributed by atoms with van der Waals surface area (Å²) in [5, 5.41) is 27.1. The molecular weight excluding hydrogens is 438 g/mol. The van der Waals surface area contributed by atoms with Crippen LogP contribution in [0.15, 0.2) is 48.5 Å². The summed E-state index contributed by atoms with van der Waals surface area (Å²) in [6, 6.07) is 16.3. The molecule has 0 bridgehead atoms. The first kappa shape index (κ1) is 26.0. The van der Waals surface area contributed by atoms with Crippen molar-refractivity contribution in [3.8, 4) is 11.5 Å². The van der Waals surface area contributed by atoms with Crippen molar-refractivity contribution in [3.63, 3.8) is 0 Å². The van der Waals surface area contributed by atoms with Gasteiger partial charge in [0, 0.05) is 24.9 Å². The van der Waals surface area contributed by atoms with Crippen molar-refractivity contribution in [2.24, 2.45) is 0 Å². The Balaban J connectivity index is 1.54. The van der Waals surface area contributed by atoms with Gasteiger partial charge in [-0.1, -0.05) is 62.8 Å². The average molecular weight is 482 g/mol. The number of aliphatic hydroxyl groups is 2. The fourth-order valence-electron chi connectivity index (χ4n) is 6.31. The highest BCUT2D eigenvalue weighted by Crippen LogP contribution is 2.42. The highest BCUT2D eigenvalue weighted by molar-refractivity contribution is 5.33. The zero-order chi connectivity index (χ0) is 24.7. The van der Waals surface area contributed by atoms with Crippen LogP contribution in [0, 0.1) is 0 Å². The zero-order valence-corrected chi connectivity index (χ0v) is 21.5. The normalized spacial score (nSPS) is 21.1. The van der Waals surface area contributed by atoms with Gasteiger partial charge in [-0.25, -0.2) is 0 Å². The van der Waals surface area contributed by atoms with Crippen LogP contribution in [-0.2, 0) is 0 Å². The molecule has 0 radical (unpaired) electrons. The summed E-state index contributed by atoms with van der Waals surface area (Å²) < 4.78 is 10.7. The number of nitrogens with one attached hydrogen (secondary N) is 1. The van der Waals surface area contributed by atoms with Gasteiger partial charge >= 0.3 is 0 Å². The highest BCUT2D eigenvalue weighted by atomic mass is 16.5. The standard InChI is InChI=1S/C30H43NO4/c1-34-25-13-9-23(10-14-25)27(29(32)17-5-3-6-18-29)21-31-22-28(30(33)19-7-4-8-20-30)24-11-15-26(35-2)16-12-24/h9-16,27-28,31-33H,3-8,17-22H2,1-2H3. The Labute approximate surface area is 210 Å². The van der Waals surface area contributed by atoms with E-state index in [4.69, 9.17) is 9.47 Å². The molecule has 0 heterocycles. The molecule has 192 valence electrons. The minimum Gasteiger partial charge on any atom is -0.497 e. The maximum absolute atomic E-state index is 11.7. The summed E-state index contributed by atoms with van der Waals surface area (Å²) in [5.74, 6) is 1.64. The molecule has 5 nitrogen and oxygen atoms in total. The maximum atomic E-state index is 11.7. The summed E-state index contributed by atoms with van der Waals surface area (Å²) >= 11 is 0.